The molecule has 1 fully saturated rings. The summed E-state index contributed by atoms with van der Waals surface area (Å²) >= 11 is 0. The second-order valence-corrected chi connectivity index (χ2v) is 11.7. The quantitative estimate of drug-likeness (QED) is 0.491. The number of pyridine rings is 1. The van der Waals surface area contributed by atoms with Gasteiger partial charge in [-0.15, -0.1) is 0 Å². The minimum atomic E-state index is -3.62. The van der Waals surface area contributed by atoms with Crippen molar-refractivity contribution < 1.29 is 17.5 Å². The average Bonchev–Trinajstić information content (AvgIpc) is 3.49. The molecule has 1 aliphatic carbocycles. The Kier molecular flexibility index (Phi) is 5.60. The Morgan fingerprint density at radius 2 is 2.00 bits per heavy atom. The van der Waals surface area contributed by atoms with Crippen LogP contribution in [0.4, 0.5) is 15.9 Å². The molecule has 0 spiro atoms. The Labute approximate surface area is 198 Å². The Bertz CT molecular complexity index is 1330. The van der Waals surface area contributed by atoms with Crippen LogP contribution in [-0.4, -0.2) is 29.7 Å². The number of benzene rings is 1. The first kappa shape index (κ1) is 22.8. The molecular weight excluding hydrogens is 457 g/mol. The molecule has 0 bridgehead atoms. The highest BCUT2D eigenvalue weighted by Crippen LogP contribution is 2.37. The van der Waals surface area contributed by atoms with Crippen molar-refractivity contribution in [2.45, 2.75) is 68.9 Å². The van der Waals surface area contributed by atoms with Crippen LogP contribution in [0.2, 0.25) is 0 Å². The van der Waals surface area contributed by atoms with Gasteiger partial charge in [-0.1, -0.05) is 20.8 Å². The van der Waals surface area contributed by atoms with Gasteiger partial charge in [0.05, 0.1) is 10.6 Å². The number of fused-ring (bicyclic) bond motifs is 1. The summed E-state index contributed by atoms with van der Waals surface area (Å²) < 4.78 is 47.1. The topological polar surface area (TPSA) is 109 Å². The Morgan fingerprint density at radius 1 is 1.18 bits per heavy atom. The van der Waals surface area contributed by atoms with Gasteiger partial charge in [-0.2, -0.15) is 5.10 Å². The smallest absolute Gasteiger partial charge is 0.241 e. The van der Waals surface area contributed by atoms with E-state index in [1.54, 1.807) is 6.20 Å². The van der Waals surface area contributed by atoms with Crippen molar-refractivity contribution in [3.05, 3.63) is 59.2 Å². The van der Waals surface area contributed by atoms with E-state index < -0.39 is 15.8 Å². The summed E-state index contributed by atoms with van der Waals surface area (Å²) in [6, 6.07) is 8.73. The summed E-state index contributed by atoms with van der Waals surface area (Å²) in [5.74, 6) is 0.785. The standard InChI is InChI=1S/C24H28FN5O3S/c1-24(2,3)15-8-9-26-22(11-15)33-16-5-4-14(10-16)19-12-21(30-29-19)28-18-6-7-20-17(23(18)25)13-27-34(20,31)32/h6-9,11-12,14,16,27H,4-5,10,13H2,1-3H3,(H2,28,29,30)/t14-,16+/m0/s1. The van der Waals surface area contributed by atoms with Crippen LogP contribution in [0.1, 0.15) is 62.8 Å². The highest BCUT2D eigenvalue weighted by atomic mass is 32.2. The van der Waals surface area contributed by atoms with Crippen molar-refractivity contribution in [1.82, 2.24) is 19.9 Å². The first-order valence-electron chi connectivity index (χ1n) is 11.4. The molecule has 2 aromatic heterocycles. The van der Waals surface area contributed by atoms with Gasteiger partial charge in [-0.3, -0.25) is 5.10 Å². The number of nitrogens with zero attached hydrogens (tertiary/aromatic N) is 2. The van der Waals surface area contributed by atoms with Crippen LogP contribution in [0.25, 0.3) is 0 Å². The fourth-order valence-corrected chi connectivity index (χ4v) is 5.77. The van der Waals surface area contributed by atoms with Gasteiger partial charge in [0.15, 0.2) is 11.6 Å². The number of anilines is 2. The van der Waals surface area contributed by atoms with E-state index in [9.17, 15) is 12.8 Å². The summed E-state index contributed by atoms with van der Waals surface area (Å²) in [7, 11) is -3.62. The Hall–Kier alpha value is -2.98. The van der Waals surface area contributed by atoms with Crippen molar-refractivity contribution in [1.29, 1.82) is 0 Å². The van der Waals surface area contributed by atoms with E-state index in [4.69, 9.17) is 4.74 Å². The molecule has 1 aliphatic heterocycles. The number of sulfonamides is 1. The molecule has 8 nitrogen and oxygen atoms in total. The molecule has 0 radical (unpaired) electrons. The largest absolute Gasteiger partial charge is 0.474 e. The summed E-state index contributed by atoms with van der Waals surface area (Å²) in [4.78, 5) is 4.36. The van der Waals surface area contributed by atoms with E-state index in [-0.39, 0.29) is 40.1 Å². The predicted octanol–water partition coefficient (Wildman–Crippen LogP) is 4.49. The number of aromatic nitrogens is 3. The molecule has 5 rings (SSSR count). The van der Waals surface area contributed by atoms with Crippen LogP contribution in [0, 0.1) is 5.82 Å². The first-order valence-corrected chi connectivity index (χ1v) is 12.8. The van der Waals surface area contributed by atoms with Crippen LogP contribution in [0.5, 0.6) is 5.88 Å². The van der Waals surface area contributed by atoms with Crippen molar-refractivity contribution in [3.8, 4) is 5.88 Å². The minimum Gasteiger partial charge on any atom is -0.474 e. The van der Waals surface area contributed by atoms with E-state index in [0.717, 1.165) is 25.0 Å². The van der Waals surface area contributed by atoms with Gasteiger partial charge < -0.3 is 10.1 Å². The monoisotopic (exact) mass is 485 g/mol. The molecular formula is C24H28FN5O3S. The van der Waals surface area contributed by atoms with Gasteiger partial charge in [0.2, 0.25) is 15.9 Å². The van der Waals surface area contributed by atoms with E-state index in [2.05, 4.69) is 46.0 Å². The Balaban J connectivity index is 1.24. The highest BCUT2D eigenvalue weighted by molar-refractivity contribution is 7.89. The lowest BCUT2D eigenvalue weighted by Gasteiger charge is -2.20. The predicted molar refractivity (Wildman–Crippen MR) is 126 cm³/mol. The molecule has 10 heteroatoms. The zero-order chi connectivity index (χ0) is 24.1. The maximum Gasteiger partial charge on any atom is 0.241 e. The normalized spacial score (nSPS) is 21.4. The maximum atomic E-state index is 14.8. The third kappa shape index (κ3) is 4.39. The van der Waals surface area contributed by atoms with Gasteiger partial charge >= 0.3 is 0 Å². The zero-order valence-electron chi connectivity index (χ0n) is 19.4. The molecule has 3 aromatic rings. The second-order valence-electron chi connectivity index (χ2n) is 9.94. The van der Waals surface area contributed by atoms with E-state index in [0.29, 0.717) is 11.7 Å². The average molecular weight is 486 g/mol. The summed E-state index contributed by atoms with van der Waals surface area (Å²) in [5.41, 5.74) is 2.50. The van der Waals surface area contributed by atoms with Crippen LogP contribution in [0.15, 0.2) is 41.4 Å². The molecule has 3 N–H and O–H groups in total. The number of ether oxygens (including phenoxy) is 1. The second kappa shape index (κ2) is 8.35. The van der Waals surface area contributed by atoms with E-state index >= 15 is 0 Å². The SMILES string of the molecule is CC(C)(C)c1ccnc(O[C@@H]2CC[C@H](c3cc(Nc4ccc5c(c4F)CNS5(=O)=O)n[nH]3)C2)c1. The van der Waals surface area contributed by atoms with Crippen molar-refractivity contribution >= 4 is 21.5 Å². The molecule has 34 heavy (non-hydrogen) atoms. The summed E-state index contributed by atoms with van der Waals surface area (Å²) in [6.45, 7) is 6.43. The third-order valence-corrected chi connectivity index (χ3v) is 7.99. The van der Waals surface area contributed by atoms with E-state index in [1.165, 1.54) is 17.7 Å². The molecule has 2 aliphatic rings. The molecule has 2 atom stereocenters. The Morgan fingerprint density at radius 3 is 2.79 bits per heavy atom. The summed E-state index contributed by atoms with van der Waals surface area (Å²) in [5, 5.41) is 10.3. The fourth-order valence-electron chi connectivity index (χ4n) is 4.55. The molecule has 0 amide bonds. The lowest BCUT2D eigenvalue weighted by Crippen LogP contribution is -2.15. The molecule has 0 saturated heterocycles. The number of hydrogen-bond acceptors (Lipinski definition) is 6. The maximum absolute atomic E-state index is 14.8. The molecule has 1 saturated carbocycles. The third-order valence-electron chi connectivity index (χ3n) is 6.50. The first-order chi connectivity index (χ1) is 16.1. The van der Waals surface area contributed by atoms with Crippen LogP contribution >= 0.6 is 0 Å². The number of hydrogen-bond donors (Lipinski definition) is 3. The van der Waals surface area contributed by atoms with Gasteiger partial charge in [0, 0.05) is 42.0 Å². The molecule has 3 heterocycles. The molecule has 180 valence electrons. The lowest BCUT2D eigenvalue weighted by molar-refractivity contribution is 0.199. The van der Waals surface area contributed by atoms with E-state index in [1.807, 2.05) is 18.2 Å². The van der Waals surface area contributed by atoms with Gasteiger partial charge in [0.25, 0.3) is 0 Å². The van der Waals surface area contributed by atoms with Crippen LogP contribution < -0.4 is 14.8 Å². The number of H-pyrrole nitrogens is 1. The molecule has 0 unspecified atom stereocenters. The minimum absolute atomic E-state index is 0.0159. The zero-order valence-corrected chi connectivity index (χ0v) is 20.2. The van der Waals surface area contributed by atoms with Crippen molar-refractivity contribution in [2.75, 3.05) is 5.32 Å². The van der Waals surface area contributed by atoms with Gasteiger partial charge in [0.1, 0.15) is 6.10 Å². The van der Waals surface area contributed by atoms with Crippen molar-refractivity contribution in [3.63, 3.8) is 0 Å². The number of nitrogens with one attached hydrogen (secondary N) is 3. The van der Waals surface area contributed by atoms with Gasteiger partial charge in [-0.25, -0.2) is 22.5 Å². The number of rotatable bonds is 5. The highest BCUT2D eigenvalue weighted by Gasteiger charge is 2.31. The fraction of sp³-hybridized carbons (Fsp3) is 0.417. The number of aromatic amines is 1. The van der Waals surface area contributed by atoms with Gasteiger partial charge in [-0.05, 0) is 48.4 Å². The van der Waals surface area contributed by atoms with Crippen LogP contribution in [-0.2, 0) is 22.0 Å². The summed E-state index contributed by atoms with van der Waals surface area (Å²) in [6.07, 6.45) is 4.55. The lowest BCUT2D eigenvalue weighted by atomic mass is 9.88. The number of halogens is 1. The van der Waals surface area contributed by atoms with Crippen molar-refractivity contribution in [2.24, 2.45) is 0 Å². The van der Waals surface area contributed by atoms with Crippen LogP contribution in [0.3, 0.4) is 0 Å². The molecule has 1 aromatic carbocycles.